The standard InChI is InChI=1S/C18H27N6OP.F6P/c1-2-9-17-16(8-1)19-20-24(17)25-18-10-7-15-23(18)26(21-11-3-4-12-21)22-13-5-6-14-22;1-7(2,3,4,5)6/h1-2,8-9,18H,3-7,10-15H2;/q;-1/p+1. The minimum absolute atomic E-state index is 0.107. The number of nitrogens with zero attached hydrogens (tertiary/aromatic N) is 6. The summed E-state index contributed by atoms with van der Waals surface area (Å²) in [7, 11) is -11.5. The van der Waals surface area contributed by atoms with Gasteiger partial charge < -0.3 is 4.84 Å². The van der Waals surface area contributed by atoms with Crippen molar-refractivity contribution in [1.29, 1.82) is 0 Å². The number of aromatic nitrogens is 3. The molecule has 15 heteroatoms. The van der Waals surface area contributed by atoms with Gasteiger partial charge in [0.15, 0.2) is 0 Å². The van der Waals surface area contributed by atoms with Crippen LogP contribution in [0.15, 0.2) is 24.3 Å². The first kappa shape index (κ1) is 24.9. The number of rotatable bonds is 5. The zero-order chi connectivity index (χ0) is 23.8. The smallest absolute Gasteiger partial charge is 0.217 e. The molecule has 1 atom stereocenters. The predicted octanol–water partition coefficient (Wildman–Crippen LogP) is 5.82. The first-order valence-electron chi connectivity index (χ1n) is 11.0. The molecule has 1 aromatic carbocycles. The van der Waals surface area contributed by atoms with E-state index in [-0.39, 0.29) is 6.23 Å². The van der Waals surface area contributed by atoms with E-state index in [1.54, 1.807) is 4.85 Å². The van der Waals surface area contributed by atoms with Crippen molar-refractivity contribution in [1.82, 2.24) is 29.2 Å². The molecule has 0 N–H and O–H groups in total. The van der Waals surface area contributed by atoms with E-state index in [1.165, 1.54) is 58.3 Å². The van der Waals surface area contributed by atoms with E-state index < -0.39 is 16.2 Å². The van der Waals surface area contributed by atoms with E-state index >= 15 is 0 Å². The van der Waals surface area contributed by atoms with Crippen LogP contribution in [0.25, 0.3) is 11.0 Å². The van der Waals surface area contributed by atoms with Gasteiger partial charge in [-0.3, -0.25) is 0 Å². The number of para-hydroxylation sites is 1. The van der Waals surface area contributed by atoms with Gasteiger partial charge >= 0.3 is 33.0 Å². The summed E-state index contributed by atoms with van der Waals surface area (Å²) in [4.78, 5) is 8.03. The van der Waals surface area contributed by atoms with E-state index in [4.69, 9.17) is 4.84 Å². The largest absolute Gasteiger partial charge is 0.372 e. The molecule has 4 heterocycles. The van der Waals surface area contributed by atoms with E-state index in [1.807, 2.05) is 24.3 Å². The summed E-state index contributed by atoms with van der Waals surface area (Å²) >= 11 is 0. The van der Waals surface area contributed by atoms with Crippen LogP contribution in [0.1, 0.15) is 38.5 Å². The van der Waals surface area contributed by atoms with Crippen molar-refractivity contribution >= 4 is 27.2 Å². The third-order valence-electron chi connectivity index (χ3n) is 5.78. The minimum atomic E-state index is -10.7. The normalized spacial score (nSPS) is 25.2. The summed E-state index contributed by atoms with van der Waals surface area (Å²) < 4.78 is 67.4. The van der Waals surface area contributed by atoms with Gasteiger partial charge in [-0.2, -0.15) is 9.34 Å². The third kappa shape index (κ3) is 7.36. The number of halogens is 6. The average molecular weight is 520 g/mol. The van der Waals surface area contributed by atoms with Crippen LogP contribution < -0.4 is 4.84 Å². The van der Waals surface area contributed by atoms with Gasteiger partial charge in [0.2, 0.25) is 14.6 Å². The Bertz CT molecular complexity index is 922. The fraction of sp³-hybridized carbons (Fsp3) is 0.667. The maximum absolute atomic E-state index is 10.7. The van der Waals surface area contributed by atoms with Crippen LogP contribution in [0.2, 0.25) is 0 Å². The molecule has 188 valence electrons. The van der Waals surface area contributed by atoms with Crippen LogP contribution >= 0.6 is 16.2 Å². The molecule has 0 spiro atoms. The molecule has 3 aliphatic rings. The predicted molar refractivity (Wildman–Crippen MR) is 117 cm³/mol. The van der Waals surface area contributed by atoms with Crippen molar-refractivity contribution in [2.24, 2.45) is 0 Å². The van der Waals surface area contributed by atoms with Crippen molar-refractivity contribution < 1.29 is 30.0 Å². The molecule has 7 nitrogen and oxygen atoms in total. The Morgan fingerprint density at radius 3 is 1.94 bits per heavy atom. The first-order chi connectivity index (χ1) is 15.3. The van der Waals surface area contributed by atoms with Crippen LogP contribution in [-0.4, -0.2) is 68.1 Å². The van der Waals surface area contributed by atoms with Gasteiger partial charge in [-0.15, -0.1) is 9.77 Å². The molecular weight excluding hydrogens is 492 g/mol. The van der Waals surface area contributed by atoms with Crippen LogP contribution in [0.4, 0.5) is 25.2 Å². The Morgan fingerprint density at radius 1 is 0.818 bits per heavy atom. The Hall–Kier alpha value is -1.26. The molecule has 2 aromatic rings. The van der Waals surface area contributed by atoms with Crippen LogP contribution in [0.5, 0.6) is 0 Å². The molecule has 3 fully saturated rings. The Labute approximate surface area is 188 Å². The zero-order valence-electron chi connectivity index (χ0n) is 18.0. The van der Waals surface area contributed by atoms with Crippen molar-refractivity contribution in [3.05, 3.63) is 24.3 Å². The van der Waals surface area contributed by atoms with E-state index in [0.29, 0.717) is 0 Å². The Morgan fingerprint density at radius 2 is 1.36 bits per heavy atom. The monoisotopic (exact) mass is 520 g/mol. The molecule has 3 saturated heterocycles. The fourth-order valence-corrected chi connectivity index (χ4v) is 7.86. The van der Waals surface area contributed by atoms with Crippen LogP contribution in [-0.2, 0) is 0 Å². The summed E-state index contributed by atoms with van der Waals surface area (Å²) in [6, 6.07) is 8.02. The first-order valence-corrected chi connectivity index (χ1v) is 14.4. The molecule has 0 saturated carbocycles. The number of fused-ring (bicyclic) bond motifs is 1. The number of benzene rings is 1. The van der Waals surface area contributed by atoms with Gasteiger partial charge in [0.1, 0.15) is 11.0 Å². The second kappa shape index (κ2) is 8.75. The molecule has 0 aliphatic carbocycles. The third-order valence-corrected chi connectivity index (χ3v) is 8.83. The maximum Gasteiger partial charge on any atom is 0.217 e. The van der Waals surface area contributed by atoms with Crippen LogP contribution in [0.3, 0.4) is 0 Å². The summed E-state index contributed by atoms with van der Waals surface area (Å²) in [5.41, 5.74) is 1.84. The molecule has 1 aromatic heterocycles. The quantitative estimate of drug-likeness (QED) is 0.366. The average Bonchev–Trinajstić information content (AvgIpc) is 3.50. The van der Waals surface area contributed by atoms with Crippen molar-refractivity contribution in [3.8, 4) is 0 Å². The molecular formula is C18H28F6N6OP2. The van der Waals surface area contributed by atoms with Crippen molar-refractivity contribution in [3.63, 3.8) is 0 Å². The fourth-order valence-electron chi connectivity index (χ4n) is 4.51. The minimum Gasteiger partial charge on any atom is -0.372 e. The number of hydrogen-bond donors (Lipinski definition) is 0. The second-order valence-corrected chi connectivity index (χ2v) is 12.8. The maximum atomic E-state index is 9.87. The number of hydrogen-bond acceptors (Lipinski definition) is 6. The molecule has 1 unspecified atom stereocenters. The SMILES string of the molecule is F[P-](F)(F)(F)(F)F.c1ccc2c(c1)nnn2OC1CCCN1[PH+](N1CCCC1)N1CCCC1. The van der Waals surface area contributed by atoms with E-state index in [2.05, 4.69) is 24.3 Å². The van der Waals surface area contributed by atoms with Gasteiger partial charge in [0.05, 0.1) is 0 Å². The van der Waals surface area contributed by atoms with Crippen molar-refractivity contribution in [2.75, 3.05) is 32.7 Å². The van der Waals surface area contributed by atoms with E-state index in [9.17, 15) is 25.2 Å². The summed E-state index contributed by atoms with van der Waals surface area (Å²) in [5.74, 6) is 0. The topological polar surface area (TPSA) is 49.7 Å². The molecule has 0 bridgehead atoms. The summed E-state index contributed by atoms with van der Waals surface area (Å²) in [6.07, 6.45) is 7.75. The zero-order valence-corrected chi connectivity index (χ0v) is 19.9. The molecule has 3 aliphatic heterocycles. The Balaban J connectivity index is 0.000000325. The summed E-state index contributed by atoms with van der Waals surface area (Å²) in [6.45, 7) is 6.14. The summed E-state index contributed by atoms with van der Waals surface area (Å²) in [5, 5.41) is 8.49. The molecule has 5 rings (SSSR count). The second-order valence-electron chi connectivity index (χ2n) is 8.49. The van der Waals surface area contributed by atoms with Crippen LogP contribution in [0, 0.1) is 0 Å². The molecule has 0 amide bonds. The van der Waals surface area contributed by atoms with Gasteiger partial charge in [0.25, 0.3) is 0 Å². The molecule has 0 radical (unpaired) electrons. The van der Waals surface area contributed by atoms with Gasteiger partial charge in [-0.05, 0) is 49.5 Å². The van der Waals surface area contributed by atoms with Crippen molar-refractivity contribution in [2.45, 2.75) is 44.8 Å². The van der Waals surface area contributed by atoms with E-state index in [0.717, 1.165) is 24.0 Å². The molecule has 33 heavy (non-hydrogen) atoms. The van der Waals surface area contributed by atoms with Gasteiger partial charge in [-0.25, -0.2) is 0 Å². The Kier molecular flexibility index (Phi) is 6.59. The van der Waals surface area contributed by atoms with Gasteiger partial charge in [-0.1, -0.05) is 17.0 Å². The van der Waals surface area contributed by atoms with Gasteiger partial charge in [0, 0.05) is 39.1 Å².